The van der Waals surface area contributed by atoms with Crippen LogP contribution in [0.2, 0.25) is 0 Å². The maximum Gasteiger partial charge on any atom is 0.273 e. The van der Waals surface area contributed by atoms with Gasteiger partial charge in [0.25, 0.3) is 5.91 Å². The molecule has 0 aliphatic heterocycles. The Balaban J connectivity index is 1.57. The highest BCUT2D eigenvalue weighted by molar-refractivity contribution is 5.98. The van der Waals surface area contributed by atoms with Crippen molar-refractivity contribution in [2.45, 2.75) is 0 Å². The Morgan fingerprint density at radius 1 is 1.16 bits per heavy atom. The Morgan fingerprint density at radius 2 is 1.96 bits per heavy atom. The highest BCUT2D eigenvalue weighted by Gasteiger charge is 2.14. The van der Waals surface area contributed by atoms with E-state index in [-0.39, 0.29) is 18.1 Å². The van der Waals surface area contributed by atoms with E-state index < -0.39 is 11.8 Å². The minimum atomic E-state index is -0.557. The first-order valence-corrected chi connectivity index (χ1v) is 7.32. The number of benzene rings is 1. The van der Waals surface area contributed by atoms with Gasteiger partial charge in [-0.1, -0.05) is 5.16 Å². The van der Waals surface area contributed by atoms with Crippen LogP contribution in [0.4, 0.5) is 10.1 Å². The molecule has 7 nitrogen and oxygen atoms in total. The number of halogens is 1. The fourth-order valence-corrected chi connectivity index (χ4v) is 2.03. The molecule has 0 fully saturated rings. The molecule has 2 N–H and O–H groups in total. The molecule has 0 saturated heterocycles. The Morgan fingerprint density at radius 3 is 2.68 bits per heavy atom. The number of anilines is 1. The molecule has 3 aromatic rings. The first-order valence-electron chi connectivity index (χ1n) is 7.32. The van der Waals surface area contributed by atoms with Crippen LogP contribution >= 0.6 is 0 Å². The van der Waals surface area contributed by atoms with Crippen LogP contribution in [0.25, 0.3) is 11.3 Å². The lowest BCUT2D eigenvalue weighted by Crippen LogP contribution is -2.33. The van der Waals surface area contributed by atoms with Gasteiger partial charge < -0.3 is 15.2 Å². The quantitative estimate of drug-likeness (QED) is 0.742. The van der Waals surface area contributed by atoms with E-state index in [1.165, 1.54) is 36.5 Å². The van der Waals surface area contributed by atoms with E-state index in [1.807, 2.05) is 0 Å². The van der Waals surface area contributed by atoms with Gasteiger partial charge in [-0.3, -0.25) is 14.6 Å². The van der Waals surface area contributed by atoms with Crippen molar-refractivity contribution in [3.8, 4) is 11.3 Å². The standard InChI is InChI=1S/C17H13FN4O3/c18-12-5-3-11(4-6-12)15-8-14(22-25-15)17(24)20-10-16(23)21-13-2-1-7-19-9-13/h1-9H,10H2,(H,20,24)(H,21,23). The third-order valence-corrected chi connectivity index (χ3v) is 3.23. The number of aromatic nitrogens is 2. The molecule has 3 rings (SSSR count). The van der Waals surface area contributed by atoms with Crippen LogP contribution in [0.5, 0.6) is 0 Å². The van der Waals surface area contributed by atoms with Crippen molar-refractivity contribution in [1.29, 1.82) is 0 Å². The third-order valence-electron chi connectivity index (χ3n) is 3.23. The minimum Gasteiger partial charge on any atom is -0.355 e. The zero-order valence-electron chi connectivity index (χ0n) is 12.9. The lowest BCUT2D eigenvalue weighted by molar-refractivity contribution is -0.115. The summed E-state index contributed by atoms with van der Waals surface area (Å²) in [5.74, 6) is -1.01. The molecule has 0 spiro atoms. The predicted octanol–water partition coefficient (Wildman–Crippen LogP) is 2.24. The molecule has 2 heterocycles. The molecule has 0 radical (unpaired) electrons. The summed E-state index contributed by atoms with van der Waals surface area (Å²) in [5.41, 5.74) is 1.14. The molecule has 2 aromatic heterocycles. The Hall–Kier alpha value is -3.55. The minimum absolute atomic E-state index is 0.0218. The largest absolute Gasteiger partial charge is 0.355 e. The van der Waals surface area contributed by atoms with Crippen LogP contribution in [-0.2, 0) is 4.79 Å². The number of hydrogen-bond acceptors (Lipinski definition) is 5. The number of rotatable bonds is 5. The first-order chi connectivity index (χ1) is 12.1. The molecule has 2 amide bonds. The molecule has 126 valence electrons. The second kappa shape index (κ2) is 7.35. The van der Waals surface area contributed by atoms with E-state index in [2.05, 4.69) is 20.8 Å². The van der Waals surface area contributed by atoms with Crippen LogP contribution in [0, 0.1) is 5.82 Å². The van der Waals surface area contributed by atoms with Gasteiger partial charge in [-0.2, -0.15) is 0 Å². The molecule has 25 heavy (non-hydrogen) atoms. The first kappa shape index (κ1) is 16.3. The maximum atomic E-state index is 12.9. The number of carbonyl (C=O) groups is 2. The summed E-state index contributed by atoms with van der Waals surface area (Å²) in [7, 11) is 0. The van der Waals surface area contributed by atoms with Crippen molar-refractivity contribution >= 4 is 17.5 Å². The van der Waals surface area contributed by atoms with Gasteiger partial charge in [0.15, 0.2) is 11.5 Å². The van der Waals surface area contributed by atoms with Crippen LogP contribution in [0.3, 0.4) is 0 Å². The van der Waals surface area contributed by atoms with Crippen molar-refractivity contribution < 1.29 is 18.5 Å². The summed E-state index contributed by atoms with van der Waals surface area (Å²) in [5, 5.41) is 8.68. The summed E-state index contributed by atoms with van der Waals surface area (Å²) in [4.78, 5) is 27.7. The summed E-state index contributed by atoms with van der Waals surface area (Å²) < 4.78 is 18.0. The molecule has 0 unspecified atom stereocenters. The summed E-state index contributed by atoms with van der Waals surface area (Å²) in [6.07, 6.45) is 3.08. The number of hydrogen-bond donors (Lipinski definition) is 2. The topological polar surface area (TPSA) is 97.1 Å². The smallest absolute Gasteiger partial charge is 0.273 e. The van der Waals surface area contributed by atoms with Gasteiger partial charge in [0.2, 0.25) is 5.91 Å². The third kappa shape index (κ3) is 4.25. The zero-order valence-corrected chi connectivity index (χ0v) is 12.9. The Kier molecular flexibility index (Phi) is 4.79. The zero-order chi connectivity index (χ0) is 17.6. The van der Waals surface area contributed by atoms with E-state index in [4.69, 9.17) is 4.52 Å². The van der Waals surface area contributed by atoms with E-state index >= 15 is 0 Å². The SMILES string of the molecule is O=C(CNC(=O)c1cc(-c2ccc(F)cc2)on1)Nc1cccnc1. The normalized spacial score (nSPS) is 10.3. The van der Waals surface area contributed by atoms with Crippen molar-refractivity contribution in [3.05, 3.63) is 66.4 Å². The summed E-state index contributed by atoms with van der Waals surface area (Å²) >= 11 is 0. The predicted molar refractivity (Wildman–Crippen MR) is 87.1 cm³/mol. The molecule has 1 aromatic carbocycles. The number of nitrogens with zero attached hydrogens (tertiary/aromatic N) is 2. The lowest BCUT2D eigenvalue weighted by atomic mass is 10.1. The average Bonchev–Trinajstić information content (AvgIpc) is 3.11. The molecule has 0 bridgehead atoms. The van der Waals surface area contributed by atoms with E-state index in [0.717, 1.165) is 0 Å². The molecular weight excluding hydrogens is 327 g/mol. The number of carbonyl (C=O) groups excluding carboxylic acids is 2. The lowest BCUT2D eigenvalue weighted by Gasteiger charge is -2.04. The number of nitrogens with one attached hydrogen (secondary N) is 2. The maximum absolute atomic E-state index is 12.9. The average molecular weight is 340 g/mol. The Bertz CT molecular complexity index is 878. The van der Waals surface area contributed by atoms with E-state index in [1.54, 1.807) is 18.3 Å². The van der Waals surface area contributed by atoms with Gasteiger partial charge in [0.05, 0.1) is 18.4 Å². The highest BCUT2D eigenvalue weighted by Crippen LogP contribution is 2.20. The molecule has 8 heteroatoms. The molecule has 0 aliphatic carbocycles. The van der Waals surface area contributed by atoms with Gasteiger partial charge >= 0.3 is 0 Å². The van der Waals surface area contributed by atoms with Crippen molar-refractivity contribution in [2.75, 3.05) is 11.9 Å². The van der Waals surface area contributed by atoms with Crippen LogP contribution in [0.15, 0.2) is 59.4 Å². The molecular formula is C17H13FN4O3. The summed E-state index contributed by atoms with van der Waals surface area (Å²) in [6.45, 7) is -0.230. The van der Waals surface area contributed by atoms with Crippen LogP contribution < -0.4 is 10.6 Å². The Labute approximate surface area is 141 Å². The van der Waals surface area contributed by atoms with Gasteiger partial charge in [0.1, 0.15) is 5.82 Å². The summed E-state index contributed by atoms with van der Waals surface area (Å²) in [6, 6.07) is 10.4. The highest BCUT2D eigenvalue weighted by atomic mass is 19.1. The van der Waals surface area contributed by atoms with Gasteiger partial charge in [-0.25, -0.2) is 4.39 Å². The number of amides is 2. The van der Waals surface area contributed by atoms with E-state index in [9.17, 15) is 14.0 Å². The van der Waals surface area contributed by atoms with Gasteiger partial charge in [-0.05, 0) is 36.4 Å². The van der Waals surface area contributed by atoms with Crippen molar-refractivity contribution in [2.24, 2.45) is 0 Å². The molecule has 0 saturated carbocycles. The fraction of sp³-hybridized carbons (Fsp3) is 0.0588. The molecule has 0 atom stereocenters. The fourth-order valence-electron chi connectivity index (χ4n) is 2.03. The van der Waals surface area contributed by atoms with Gasteiger partial charge in [-0.15, -0.1) is 0 Å². The molecule has 0 aliphatic rings. The second-order valence-electron chi connectivity index (χ2n) is 5.06. The van der Waals surface area contributed by atoms with Crippen LogP contribution in [-0.4, -0.2) is 28.5 Å². The second-order valence-corrected chi connectivity index (χ2v) is 5.06. The van der Waals surface area contributed by atoms with Gasteiger partial charge in [0, 0.05) is 17.8 Å². The number of pyridine rings is 1. The van der Waals surface area contributed by atoms with Crippen molar-refractivity contribution in [3.63, 3.8) is 0 Å². The van der Waals surface area contributed by atoms with Crippen molar-refractivity contribution in [1.82, 2.24) is 15.5 Å². The van der Waals surface area contributed by atoms with E-state index in [0.29, 0.717) is 17.0 Å². The van der Waals surface area contributed by atoms with Crippen LogP contribution in [0.1, 0.15) is 10.5 Å². The monoisotopic (exact) mass is 340 g/mol.